The first-order valence-corrected chi connectivity index (χ1v) is 5.41. The van der Waals surface area contributed by atoms with Crippen molar-refractivity contribution < 1.29 is 5.11 Å². The molecule has 1 aliphatic heterocycles. The molecule has 0 radical (unpaired) electrons. The molecule has 72 valence electrons. The van der Waals surface area contributed by atoms with E-state index in [4.69, 9.17) is 5.11 Å². The molecule has 2 heterocycles. The molecule has 0 aliphatic carbocycles. The van der Waals surface area contributed by atoms with Crippen molar-refractivity contribution in [2.45, 2.75) is 25.7 Å². The summed E-state index contributed by atoms with van der Waals surface area (Å²) in [4.78, 5) is 6.18. The maximum Gasteiger partial charge on any atom is 0.327 e. The molecule has 1 aromatic rings. The van der Waals surface area contributed by atoms with Crippen LogP contribution in [0.3, 0.4) is 0 Å². The highest BCUT2D eigenvalue weighted by atomic mass is 32.1. The van der Waals surface area contributed by atoms with E-state index in [-0.39, 0.29) is 6.01 Å². The molecule has 0 aromatic carbocycles. The van der Waals surface area contributed by atoms with Gasteiger partial charge in [0.05, 0.1) is 0 Å². The van der Waals surface area contributed by atoms with E-state index in [1.165, 1.54) is 37.2 Å². The molecule has 1 saturated heterocycles. The molecule has 1 fully saturated rings. The second kappa shape index (κ2) is 3.91. The SMILES string of the molecule is Oc1nsc(N2CCCCCC2)n1. The van der Waals surface area contributed by atoms with Gasteiger partial charge in [0.2, 0.25) is 5.13 Å². The number of nitrogens with zero attached hydrogens (tertiary/aromatic N) is 3. The summed E-state index contributed by atoms with van der Waals surface area (Å²) in [6.45, 7) is 2.10. The van der Waals surface area contributed by atoms with Crippen LogP contribution in [0.15, 0.2) is 0 Å². The Morgan fingerprint density at radius 1 is 1.15 bits per heavy atom. The predicted molar refractivity (Wildman–Crippen MR) is 52.3 cm³/mol. The molecule has 2 rings (SSSR count). The highest BCUT2D eigenvalue weighted by molar-refractivity contribution is 7.09. The molecule has 0 unspecified atom stereocenters. The van der Waals surface area contributed by atoms with Crippen molar-refractivity contribution in [3.05, 3.63) is 0 Å². The van der Waals surface area contributed by atoms with Crippen molar-refractivity contribution in [2.75, 3.05) is 18.0 Å². The average molecular weight is 199 g/mol. The summed E-state index contributed by atoms with van der Waals surface area (Å²) in [7, 11) is 0. The quantitative estimate of drug-likeness (QED) is 0.746. The van der Waals surface area contributed by atoms with Gasteiger partial charge in [0, 0.05) is 24.6 Å². The monoisotopic (exact) mass is 199 g/mol. The third-order valence-corrected chi connectivity index (χ3v) is 3.05. The summed E-state index contributed by atoms with van der Waals surface area (Å²) in [6, 6.07) is -0.0933. The molecule has 5 heteroatoms. The summed E-state index contributed by atoms with van der Waals surface area (Å²) >= 11 is 1.28. The van der Waals surface area contributed by atoms with Crippen molar-refractivity contribution >= 4 is 16.7 Å². The van der Waals surface area contributed by atoms with Gasteiger partial charge in [0.1, 0.15) is 0 Å². The minimum Gasteiger partial charge on any atom is -0.478 e. The molecule has 0 spiro atoms. The Morgan fingerprint density at radius 2 is 1.85 bits per heavy atom. The Labute approximate surface area is 81.4 Å². The number of anilines is 1. The smallest absolute Gasteiger partial charge is 0.327 e. The number of rotatable bonds is 1. The topological polar surface area (TPSA) is 49.3 Å². The van der Waals surface area contributed by atoms with Gasteiger partial charge < -0.3 is 10.0 Å². The fourth-order valence-electron chi connectivity index (χ4n) is 1.60. The Balaban J connectivity index is 2.06. The zero-order chi connectivity index (χ0) is 9.10. The van der Waals surface area contributed by atoms with Crippen molar-refractivity contribution in [2.24, 2.45) is 0 Å². The van der Waals surface area contributed by atoms with Crippen LogP contribution >= 0.6 is 11.5 Å². The third kappa shape index (κ3) is 2.09. The molecule has 1 N–H and O–H groups in total. The van der Waals surface area contributed by atoms with Gasteiger partial charge in [0.15, 0.2) is 0 Å². The van der Waals surface area contributed by atoms with E-state index >= 15 is 0 Å². The van der Waals surface area contributed by atoms with Gasteiger partial charge in [-0.2, -0.15) is 4.98 Å². The summed E-state index contributed by atoms with van der Waals surface area (Å²) in [6.07, 6.45) is 5.06. The van der Waals surface area contributed by atoms with Crippen LogP contribution in [0, 0.1) is 0 Å². The lowest BCUT2D eigenvalue weighted by Gasteiger charge is -2.17. The van der Waals surface area contributed by atoms with Gasteiger partial charge in [0.25, 0.3) is 0 Å². The Bertz CT molecular complexity index is 268. The predicted octanol–water partition coefficient (Wildman–Crippen LogP) is 1.62. The van der Waals surface area contributed by atoms with Crippen LogP contribution < -0.4 is 4.90 Å². The third-order valence-electron chi connectivity index (χ3n) is 2.28. The molecule has 1 aliphatic rings. The van der Waals surface area contributed by atoms with Crippen molar-refractivity contribution in [3.63, 3.8) is 0 Å². The maximum atomic E-state index is 9.02. The maximum absolute atomic E-state index is 9.02. The van der Waals surface area contributed by atoms with E-state index in [9.17, 15) is 0 Å². The van der Waals surface area contributed by atoms with Gasteiger partial charge in [-0.05, 0) is 12.8 Å². The van der Waals surface area contributed by atoms with Crippen LogP contribution in [-0.4, -0.2) is 27.6 Å². The number of aromatic hydroxyl groups is 1. The minimum atomic E-state index is -0.0933. The van der Waals surface area contributed by atoms with E-state index in [1.54, 1.807) is 0 Å². The van der Waals surface area contributed by atoms with Gasteiger partial charge >= 0.3 is 6.01 Å². The molecular weight excluding hydrogens is 186 g/mol. The Kier molecular flexibility index (Phi) is 2.63. The van der Waals surface area contributed by atoms with Gasteiger partial charge in [-0.3, -0.25) is 0 Å². The van der Waals surface area contributed by atoms with Crippen molar-refractivity contribution in [3.8, 4) is 6.01 Å². The zero-order valence-electron chi connectivity index (χ0n) is 7.44. The van der Waals surface area contributed by atoms with Gasteiger partial charge in [-0.25, -0.2) is 0 Å². The lowest BCUT2D eigenvalue weighted by molar-refractivity contribution is 0.438. The second-order valence-corrected chi connectivity index (χ2v) is 4.01. The first kappa shape index (κ1) is 8.74. The summed E-state index contributed by atoms with van der Waals surface area (Å²) in [5.74, 6) is 0. The van der Waals surface area contributed by atoms with Crippen LogP contribution in [-0.2, 0) is 0 Å². The lowest BCUT2D eigenvalue weighted by Crippen LogP contribution is -2.23. The van der Waals surface area contributed by atoms with Crippen LogP contribution in [0.4, 0.5) is 5.13 Å². The molecule has 13 heavy (non-hydrogen) atoms. The van der Waals surface area contributed by atoms with Crippen LogP contribution in [0.25, 0.3) is 0 Å². The Morgan fingerprint density at radius 3 is 2.38 bits per heavy atom. The van der Waals surface area contributed by atoms with Gasteiger partial charge in [-0.1, -0.05) is 12.8 Å². The molecule has 0 atom stereocenters. The molecule has 1 aromatic heterocycles. The first-order valence-electron chi connectivity index (χ1n) is 4.64. The average Bonchev–Trinajstić information content (AvgIpc) is 2.43. The molecule has 0 saturated carbocycles. The van der Waals surface area contributed by atoms with Crippen LogP contribution in [0.2, 0.25) is 0 Å². The number of hydrogen-bond acceptors (Lipinski definition) is 5. The van der Waals surface area contributed by atoms with Crippen molar-refractivity contribution in [1.82, 2.24) is 9.36 Å². The lowest BCUT2D eigenvalue weighted by atomic mass is 10.2. The molecule has 0 bridgehead atoms. The first-order chi connectivity index (χ1) is 6.36. The van der Waals surface area contributed by atoms with E-state index in [1.807, 2.05) is 0 Å². The van der Waals surface area contributed by atoms with Crippen molar-refractivity contribution in [1.29, 1.82) is 0 Å². The standard InChI is InChI=1S/C8H13N3OS/c12-7-9-8(13-10-7)11-5-3-1-2-4-6-11/h1-6H2,(H,10,12). The Hall–Kier alpha value is -0.840. The highest BCUT2D eigenvalue weighted by Gasteiger charge is 2.13. The highest BCUT2D eigenvalue weighted by Crippen LogP contribution is 2.22. The summed E-state index contributed by atoms with van der Waals surface area (Å²) < 4.78 is 3.77. The fourth-order valence-corrected chi connectivity index (χ4v) is 2.22. The number of hydrogen-bond donors (Lipinski definition) is 1. The van der Waals surface area contributed by atoms with E-state index in [2.05, 4.69) is 14.3 Å². The van der Waals surface area contributed by atoms with Crippen LogP contribution in [0.1, 0.15) is 25.7 Å². The fraction of sp³-hybridized carbons (Fsp3) is 0.750. The molecule has 0 amide bonds. The minimum absolute atomic E-state index is 0.0933. The molecule has 4 nitrogen and oxygen atoms in total. The normalized spacial score (nSPS) is 18.6. The van der Waals surface area contributed by atoms with Crippen LogP contribution in [0.5, 0.6) is 6.01 Å². The van der Waals surface area contributed by atoms with E-state index in [0.717, 1.165) is 18.2 Å². The summed E-state index contributed by atoms with van der Waals surface area (Å²) in [5.41, 5.74) is 0. The second-order valence-electron chi connectivity index (χ2n) is 3.28. The largest absolute Gasteiger partial charge is 0.478 e. The van der Waals surface area contributed by atoms with E-state index in [0.29, 0.717) is 0 Å². The van der Waals surface area contributed by atoms with Gasteiger partial charge in [-0.15, -0.1) is 4.37 Å². The van der Waals surface area contributed by atoms with E-state index < -0.39 is 0 Å². The molecular formula is C8H13N3OS. The zero-order valence-corrected chi connectivity index (χ0v) is 8.26. The summed E-state index contributed by atoms with van der Waals surface area (Å²) in [5, 5.41) is 9.88. The number of aromatic nitrogens is 2.